The van der Waals surface area contributed by atoms with E-state index in [9.17, 15) is 53.4 Å². The molecule has 0 radical (unpaired) electrons. The number of alkyl carbamates (subject to hydrolysis) is 1. The highest BCUT2D eigenvalue weighted by Gasteiger charge is 2.57. The first-order chi connectivity index (χ1) is 46.4. The van der Waals surface area contributed by atoms with Crippen LogP contribution in [0.5, 0.6) is 11.5 Å². The summed E-state index contributed by atoms with van der Waals surface area (Å²) in [5, 5.41) is 42.3. The highest BCUT2D eigenvalue weighted by Crippen LogP contribution is 2.52. The molecule has 30 heteroatoms. The number of rotatable bonds is 32. The van der Waals surface area contributed by atoms with Crippen molar-refractivity contribution in [3.8, 4) is 11.5 Å². The molecule has 1 saturated heterocycles. The second-order valence-electron chi connectivity index (χ2n) is 24.4. The van der Waals surface area contributed by atoms with Crippen molar-refractivity contribution in [3.63, 3.8) is 0 Å². The minimum atomic E-state index is -1.19. The third-order valence-corrected chi connectivity index (χ3v) is 18.8. The van der Waals surface area contributed by atoms with Crippen molar-refractivity contribution in [2.24, 2.45) is 11.7 Å². The Balaban J connectivity index is 0.786. The molecule has 3 aromatic carbocycles. The van der Waals surface area contributed by atoms with Crippen LogP contribution in [0.3, 0.4) is 0 Å². The number of fused-ring (bicyclic) bond motifs is 7. The maximum Gasteiger partial charge on any atom is 0.408 e. The number of ether oxygens (including phenoxy) is 5. The molecule has 0 spiro atoms. The van der Waals surface area contributed by atoms with Crippen molar-refractivity contribution in [1.29, 1.82) is 0 Å². The molecule has 2 bridgehead atoms. The summed E-state index contributed by atoms with van der Waals surface area (Å²) in [5.41, 5.74) is 12.6. The van der Waals surface area contributed by atoms with E-state index in [4.69, 9.17) is 39.4 Å². The van der Waals surface area contributed by atoms with E-state index in [-0.39, 0.29) is 112 Å². The summed E-state index contributed by atoms with van der Waals surface area (Å²) in [6.07, 6.45) is 2.56. The number of carbonyl (C=O) groups excluding carboxylic acids is 9. The number of benzene rings is 3. The van der Waals surface area contributed by atoms with Crippen molar-refractivity contribution >= 4 is 93.5 Å². The molecule has 4 heterocycles. The Kier molecular flexibility index (Phi) is 26.2. The van der Waals surface area contributed by atoms with Gasteiger partial charge in [-0.15, -0.1) is 0 Å². The molecule has 1 aromatic heterocycles. The van der Waals surface area contributed by atoms with Gasteiger partial charge in [-0.05, 0) is 131 Å². The number of ketones is 2. The predicted octanol–water partition coefficient (Wildman–Crippen LogP) is 3.72. The normalized spacial score (nSPS) is 19.2. The number of hydrogen-bond acceptors (Lipinski definition) is 22. The lowest BCUT2D eigenvalue weighted by Crippen LogP contribution is -2.71. The number of aromatic hydroxyl groups is 1. The number of phenolic OH excluding ortho intramolecular Hbond substituents is 1. The zero-order chi connectivity index (χ0) is 70.4. The van der Waals surface area contributed by atoms with Gasteiger partial charge in [-0.25, -0.2) is 19.6 Å². The number of aliphatic hydroxyl groups excluding tert-OH is 1. The van der Waals surface area contributed by atoms with E-state index in [2.05, 4.69) is 37.2 Å². The van der Waals surface area contributed by atoms with Crippen LogP contribution < -0.4 is 47.7 Å². The van der Waals surface area contributed by atoms with Gasteiger partial charge in [0.1, 0.15) is 31.0 Å². The van der Waals surface area contributed by atoms with E-state index in [1.807, 2.05) is 31.4 Å². The number of aromatic nitrogens is 2. The van der Waals surface area contributed by atoms with Crippen molar-refractivity contribution in [2.45, 2.75) is 133 Å². The third kappa shape index (κ3) is 17.9. The molecule has 28 nitrogen and oxygen atoms in total. The second-order valence-corrected chi connectivity index (χ2v) is 26.2. The molecule has 0 unspecified atom stereocenters. The standard InChI is InChI=1S/C67H88N12O16S2/c1-34(2)55(77-53(81)19-22-93-24-25-94-23-21-69-62(85)39-15-18-44-46(26-39)75-48(33-97-10)47(74-44)32-96-9)64(87)76-45(12-11-20-70-66(68)89)63(86)73-40-16-13-38(14-17-40)31-95-67(90)72-37(5)61(84)71-30-51-54-43(57(82)36(4)60(92-8)58(54)83)28-49-56-42-29-52(80)59(91-7)35(3)41(42)27-50(78(56)6)65(88)79(49)51/h13-18,26,29,34,37,45,49-51,55-56,65,80,88H,11-12,19-25,27-28,30-33H2,1-10H3,(H,69,85)(H,71,84)(H,72,90)(H,73,86)(H,76,87)(H,77,81)(H3,68,70,89)/t37-,45-,49-,50-,51-,55-,56-,65-/m0/s1. The van der Waals surface area contributed by atoms with Crippen molar-refractivity contribution in [1.82, 2.24) is 51.7 Å². The first-order valence-corrected chi connectivity index (χ1v) is 34.8. The number of nitrogens with two attached hydrogens (primary N) is 1. The van der Waals surface area contributed by atoms with Crippen molar-refractivity contribution in [3.05, 3.63) is 110 Å². The number of hydrogen-bond donors (Lipinski definition) is 10. The molecule has 0 saturated carbocycles. The fraction of sp³-hybridized carbons (Fsp3) is 0.507. The molecule has 524 valence electrons. The predicted molar refractivity (Wildman–Crippen MR) is 363 cm³/mol. The number of Topliss-reactive ketones (excluding diaryl/α,β-unsaturated/α-hetero) is 2. The summed E-state index contributed by atoms with van der Waals surface area (Å²) in [6, 6.07) is 6.46. The summed E-state index contributed by atoms with van der Waals surface area (Å²) < 4.78 is 27.7. The average Bonchev–Trinajstić information content (AvgIpc) is 0.704. The number of primary amides is 1. The highest BCUT2D eigenvalue weighted by molar-refractivity contribution is 7.98. The van der Waals surface area contributed by atoms with E-state index in [0.29, 0.717) is 34.5 Å². The van der Waals surface area contributed by atoms with E-state index >= 15 is 0 Å². The number of aliphatic hydroxyl groups is 1. The zero-order valence-electron chi connectivity index (χ0n) is 56.2. The van der Waals surface area contributed by atoms with Crippen LogP contribution in [0.15, 0.2) is 71.0 Å². The Morgan fingerprint density at radius 2 is 1.46 bits per heavy atom. The lowest BCUT2D eigenvalue weighted by molar-refractivity contribution is -0.167. The maximum atomic E-state index is 14.3. The van der Waals surface area contributed by atoms with E-state index in [0.717, 1.165) is 45.1 Å². The summed E-state index contributed by atoms with van der Waals surface area (Å²) >= 11 is 3.34. The number of nitrogens with zero attached hydrogens (tertiary/aromatic N) is 4. The number of amides is 8. The number of methoxy groups -OCH3 is 2. The Morgan fingerprint density at radius 3 is 2.12 bits per heavy atom. The number of nitrogens with one attached hydrogen (secondary N) is 7. The molecular formula is C67H88N12O16S2. The SMILES string of the molecule is COC1=C(C)C(=O)C2=C(C1=O)[C@H](CNC(=O)[C@H](C)NC(=O)OCc1ccc(NC(=O)[C@H](CCCNC(N)=O)NC(=O)[C@@H](NC(=O)CCOCCOCCNC(=O)c3ccc4nc(CSC)c(CSC)nc4c3)C(C)C)cc1)N1[C@@H](O)[C@@H]3Cc4c(cc(O)c(OC)c4C)[C@@H]([C@@H]1C2)N3C. The largest absolute Gasteiger partial charge is 0.504 e. The Bertz CT molecular complexity index is 3680. The van der Waals surface area contributed by atoms with Crippen LogP contribution in [0.25, 0.3) is 11.0 Å². The molecular weight excluding hydrogens is 1290 g/mol. The molecule has 8 atom stereocenters. The fourth-order valence-electron chi connectivity index (χ4n) is 12.8. The zero-order valence-corrected chi connectivity index (χ0v) is 57.8. The van der Waals surface area contributed by atoms with Crippen LogP contribution in [-0.4, -0.2) is 206 Å². The Labute approximate surface area is 571 Å². The summed E-state index contributed by atoms with van der Waals surface area (Å²) in [5.74, 6) is -2.37. The Morgan fingerprint density at radius 1 is 0.773 bits per heavy atom. The van der Waals surface area contributed by atoms with Gasteiger partial charge in [0.2, 0.25) is 29.4 Å². The number of anilines is 1. The molecule has 4 aliphatic rings. The van der Waals surface area contributed by atoms with Crippen molar-refractivity contribution in [2.75, 3.05) is 85.2 Å². The average molecular weight is 1380 g/mol. The topological polar surface area (TPSA) is 383 Å². The lowest BCUT2D eigenvalue weighted by atomic mass is 9.70. The number of carbonyl (C=O) groups is 9. The summed E-state index contributed by atoms with van der Waals surface area (Å²) in [4.78, 5) is 134. The number of phenols is 1. The number of urea groups is 1. The molecule has 1 aliphatic carbocycles. The number of piperazine rings is 1. The first kappa shape index (κ1) is 74.4. The monoisotopic (exact) mass is 1380 g/mol. The molecule has 8 rings (SSSR count). The maximum absolute atomic E-state index is 14.3. The van der Waals surface area contributed by atoms with Crippen LogP contribution in [0.1, 0.15) is 103 Å². The van der Waals surface area contributed by atoms with Crippen molar-refractivity contribution < 1.29 is 77.0 Å². The minimum Gasteiger partial charge on any atom is -0.504 e. The van der Waals surface area contributed by atoms with Gasteiger partial charge in [0.25, 0.3) is 5.91 Å². The second kappa shape index (κ2) is 34.2. The number of thioether (sulfide) groups is 2. The molecule has 97 heavy (non-hydrogen) atoms. The van der Waals surface area contributed by atoms with Crippen LogP contribution >= 0.6 is 23.5 Å². The smallest absolute Gasteiger partial charge is 0.408 e. The van der Waals surface area contributed by atoms with Crippen LogP contribution in [0, 0.1) is 12.8 Å². The number of likely N-dealkylation sites (N-methyl/N-ethyl adjacent to an activating group) is 1. The van der Waals surface area contributed by atoms with Gasteiger partial charge >= 0.3 is 12.1 Å². The van der Waals surface area contributed by atoms with Gasteiger partial charge in [-0.3, -0.25) is 43.4 Å². The van der Waals surface area contributed by atoms with Gasteiger partial charge in [0, 0.05) is 71.6 Å². The van der Waals surface area contributed by atoms with Gasteiger partial charge in [-0.2, -0.15) is 23.5 Å². The summed E-state index contributed by atoms with van der Waals surface area (Å²) in [6.45, 7) is 8.73. The van der Waals surface area contributed by atoms with Gasteiger partial charge in [0.15, 0.2) is 23.0 Å². The molecule has 3 aliphatic heterocycles. The van der Waals surface area contributed by atoms with Crippen LogP contribution in [0.2, 0.25) is 0 Å². The van der Waals surface area contributed by atoms with Crippen LogP contribution in [-0.2, 0) is 72.2 Å². The quantitative estimate of drug-likeness (QED) is 0.0246. The van der Waals surface area contributed by atoms with Gasteiger partial charge in [0.05, 0.1) is 81.2 Å². The highest BCUT2D eigenvalue weighted by atomic mass is 32.2. The first-order valence-electron chi connectivity index (χ1n) is 32.0. The van der Waals surface area contributed by atoms with Crippen LogP contribution in [0.4, 0.5) is 15.3 Å². The minimum absolute atomic E-state index is 0.0255. The van der Waals surface area contributed by atoms with E-state index in [1.165, 1.54) is 28.1 Å². The van der Waals surface area contributed by atoms with Gasteiger partial charge < -0.3 is 76.8 Å². The fourth-order valence-corrected chi connectivity index (χ4v) is 13.8. The Hall–Kier alpha value is -8.39. The lowest BCUT2D eigenvalue weighted by Gasteiger charge is -2.60. The molecule has 11 N–H and O–H groups in total. The van der Waals surface area contributed by atoms with Gasteiger partial charge in [-0.1, -0.05) is 26.0 Å². The molecule has 8 amide bonds. The third-order valence-electron chi connectivity index (χ3n) is 17.7. The summed E-state index contributed by atoms with van der Waals surface area (Å²) in [7, 11) is 4.64. The number of allylic oxidation sites excluding steroid dienone is 2. The molecule has 1 fully saturated rings. The van der Waals surface area contributed by atoms with E-state index in [1.54, 1.807) is 90.8 Å². The van der Waals surface area contributed by atoms with E-state index < -0.39 is 102 Å². The molecule has 4 aromatic rings.